The monoisotopic (exact) mass is 366 g/mol. The number of hydrogen-bond donors (Lipinski definition) is 1. The predicted octanol–water partition coefficient (Wildman–Crippen LogP) is 3.49. The molecular formula is C20H28F2N2O2. The van der Waals surface area contributed by atoms with E-state index in [1.807, 2.05) is 13.8 Å². The van der Waals surface area contributed by atoms with Crippen LogP contribution in [0, 0.1) is 11.6 Å². The molecule has 0 bridgehead atoms. The highest BCUT2D eigenvalue weighted by Gasteiger charge is 2.29. The van der Waals surface area contributed by atoms with Crippen LogP contribution in [0.3, 0.4) is 0 Å². The maximum absolute atomic E-state index is 14.7. The highest BCUT2D eigenvalue weighted by Crippen LogP contribution is 2.36. The first-order valence-corrected chi connectivity index (χ1v) is 9.23. The minimum absolute atomic E-state index is 0.0895. The van der Waals surface area contributed by atoms with Crippen LogP contribution in [0.5, 0.6) is 0 Å². The van der Waals surface area contributed by atoms with Crippen molar-refractivity contribution in [2.24, 2.45) is 0 Å². The Labute approximate surface area is 153 Å². The van der Waals surface area contributed by atoms with Crippen molar-refractivity contribution in [3.8, 4) is 0 Å². The first-order valence-electron chi connectivity index (χ1n) is 9.23. The first kappa shape index (κ1) is 20.5. The molecule has 1 aliphatic rings. The molecule has 144 valence electrons. The van der Waals surface area contributed by atoms with Crippen molar-refractivity contribution in [3.05, 3.63) is 34.9 Å². The summed E-state index contributed by atoms with van der Waals surface area (Å²) in [6, 6.07) is 2.81. The molecule has 1 N–H and O–H groups in total. The van der Waals surface area contributed by atoms with Crippen LogP contribution in [0.25, 0.3) is 0 Å². The molecule has 0 radical (unpaired) electrons. The number of nitrogens with one attached hydrogen (secondary N) is 1. The van der Waals surface area contributed by atoms with E-state index in [-0.39, 0.29) is 17.9 Å². The van der Waals surface area contributed by atoms with Crippen LogP contribution in [0.2, 0.25) is 0 Å². The maximum atomic E-state index is 14.7. The van der Waals surface area contributed by atoms with Gasteiger partial charge in [0.05, 0.1) is 0 Å². The van der Waals surface area contributed by atoms with Gasteiger partial charge in [0.15, 0.2) is 0 Å². The Morgan fingerprint density at radius 1 is 1.27 bits per heavy atom. The van der Waals surface area contributed by atoms with Crippen LogP contribution in [0.4, 0.5) is 8.78 Å². The average Bonchev–Trinajstić information content (AvgIpc) is 2.60. The molecule has 2 rings (SSSR count). The number of rotatable bonds is 7. The van der Waals surface area contributed by atoms with Crippen molar-refractivity contribution in [1.82, 2.24) is 10.2 Å². The van der Waals surface area contributed by atoms with Crippen LogP contribution >= 0.6 is 0 Å². The van der Waals surface area contributed by atoms with Gasteiger partial charge in [-0.2, -0.15) is 0 Å². The highest BCUT2D eigenvalue weighted by molar-refractivity contribution is 5.85. The van der Waals surface area contributed by atoms with Gasteiger partial charge < -0.3 is 4.90 Å². The van der Waals surface area contributed by atoms with Gasteiger partial charge in [0.2, 0.25) is 12.3 Å². The molecule has 1 aliphatic heterocycles. The molecule has 1 aromatic carbocycles. The number of piperidine rings is 1. The number of nitrogens with zero attached hydrogens (tertiary/aromatic N) is 1. The molecule has 0 aliphatic carbocycles. The standard InChI is InChI=1S/C20H28F2N2O2/c1-4-24-9-6-14(7-10-24)19-16(21)11-15(12-17(19)22)20(2,3)8-5-18(26)23-13-25/h11-14H,4-10H2,1-3H3,(H,23,25,26). The van der Waals surface area contributed by atoms with Crippen molar-refractivity contribution in [3.63, 3.8) is 0 Å². The van der Waals surface area contributed by atoms with Gasteiger partial charge in [-0.1, -0.05) is 20.8 Å². The number of amides is 2. The molecule has 0 atom stereocenters. The molecule has 1 fully saturated rings. The van der Waals surface area contributed by atoms with Gasteiger partial charge in [-0.25, -0.2) is 8.78 Å². The number of halogens is 2. The molecule has 2 amide bonds. The van der Waals surface area contributed by atoms with Crippen LogP contribution in [-0.4, -0.2) is 36.9 Å². The van der Waals surface area contributed by atoms with Gasteiger partial charge in [0.25, 0.3) is 0 Å². The van der Waals surface area contributed by atoms with E-state index in [0.717, 1.165) is 32.5 Å². The summed E-state index contributed by atoms with van der Waals surface area (Å²) in [6.07, 6.45) is 2.37. The van der Waals surface area contributed by atoms with Crippen molar-refractivity contribution >= 4 is 12.3 Å². The maximum Gasteiger partial charge on any atom is 0.226 e. The lowest BCUT2D eigenvalue weighted by Gasteiger charge is -2.32. The summed E-state index contributed by atoms with van der Waals surface area (Å²) in [5.74, 6) is -1.48. The number of carbonyl (C=O) groups excluding carboxylic acids is 2. The molecule has 26 heavy (non-hydrogen) atoms. The topological polar surface area (TPSA) is 49.4 Å². The van der Waals surface area contributed by atoms with Gasteiger partial charge in [0.1, 0.15) is 11.6 Å². The third-order valence-corrected chi connectivity index (χ3v) is 5.50. The minimum atomic E-state index is -0.577. The molecule has 1 saturated heterocycles. The van der Waals surface area contributed by atoms with E-state index < -0.39 is 23.0 Å². The Hall–Kier alpha value is -1.82. The zero-order chi connectivity index (χ0) is 19.3. The lowest BCUT2D eigenvalue weighted by Crippen LogP contribution is -2.33. The molecule has 6 heteroatoms. The van der Waals surface area contributed by atoms with E-state index in [0.29, 0.717) is 18.4 Å². The smallest absolute Gasteiger partial charge is 0.226 e. The lowest BCUT2D eigenvalue weighted by atomic mass is 9.78. The third-order valence-electron chi connectivity index (χ3n) is 5.50. The van der Waals surface area contributed by atoms with Crippen molar-refractivity contribution in [1.29, 1.82) is 0 Å². The Bertz CT molecular complexity index is 630. The Kier molecular flexibility index (Phi) is 6.87. The first-order chi connectivity index (χ1) is 12.3. The van der Waals surface area contributed by atoms with Crippen LogP contribution in [0.15, 0.2) is 12.1 Å². The second-order valence-corrected chi connectivity index (χ2v) is 7.63. The normalized spacial score (nSPS) is 16.5. The molecule has 0 aromatic heterocycles. The zero-order valence-electron chi connectivity index (χ0n) is 15.8. The summed E-state index contributed by atoms with van der Waals surface area (Å²) in [4.78, 5) is 24.1. The minimum Gasteiger partial charge on any atom is -0.304 e. The SMILES string of the molecule is CCN1CCC(c2c(F)cc(C(C)(C)CCC(=O)NC=O)cc2F)CC1. The third kappa shape index (κ3) is 4.87. The molecule has 0 spiro atoms. The fourth-order valence-corrected chi connectivity index (χ4v) is 3.61. The second-order valence-electron chi connectivity index (χ2n) is 7.63. The van der Waals surface area contributed by atoms with Crippen molar-refractivity contribution in [2.75, 3.05) is 19.6 Å². The molecule has 0 unspecified atom stereocenters. The van der Waals surface area contributed by atoms with E-state index in [9.17, 15) is 18.4 Å². The molecule has 1 aromatic rings. The Balaban J connectivity index is 2.15. The van der Waals surface area contributed by atoms with E-state index in [4.69, 9.17) is 0 Å². The number of carbonyl (C=O) groups is 2. The van der Waals surface area contributed by atoms with E-state index in [1.54, 1.807) is 0 Å². The number of likely N-dealkylation sites (tertiary alicyclic amines) is 1. The van der Waals surface area contributed by atoms with Crippen LogP contribution < -0.4 is 5.32 Å². The van der Waals surface area contributed by atoms with Gasteiger partial charge in [-0.05, 0) is 67.9 Å². The zero-order valence-corrected chi connectivity index (χ0v) is 15.8. The number of imide groups is 1. The fraction of sp³-hybridized carbons (Fsp3) is 0.600. The number of hydrogen-bond acceptors (Lipinski definition) is 3. The van der Waals surface area contributed by atoms with Crippen LogP contribution in [-0.2, 0) is 15.0 Å². The highest BCUT2D eigenvalue weighted by atomic mass is 19.1. The van der Waals surface area contributed by atoms with Crippen molar-refractivity contribution in [2.45, 2.75) is 57.8 Å². The summed E-state index contributed by atoms with van der Waals surface area (Å²) in [7, 11) is 0. The summed E-state index contributed by atoms with van der Waals surface area (Å²) >= 11 is 0. The quantitative estimate of drug-likeness (QED) is 0.752. The molecule has 0 saturated carbocycles. The number of benzene rings is 1. The second kappa shape index (κ2) is 8.71. The average molecular weight is 366 g/mol. The van der Waals surface area contributed by atoms with E-state index >= 15 is 0 Å². The van der Waals surface area contributed by atoms with E-state index in [1.165, 1.54) is 12.1 Å². The van der Waals surface area contributed by atoms with Gasteiger partial charge in [-0.15, -0.1) is 0 Å². The van der Waals surface area contributed by atoms with Gasteiger partial charge in [-0.3, -0.25) is 14.9 Å². The summed E-state index contributed by atoms with van der Waals surface area (Å²) in [6.45, 7) is 8.46. The summed E-state index contributed by atoms with van der Waals surface area (Å²) < 4.78 is 29.5. The van der Waals surface area contributed by atoms with Gasteiger partial charge >= 0.3 is 0 Å². The van der Waals surface area contributed by atoms with Crippen molar-refractivity contribution < 1.29 is 18.4 Å². The van der Waals surface area contributed by atoms with Crippen LogP contribution in [0.1, 0.15) is 63.5 Å². The molecular weight excluding hydrogens is 338 g/mol. The van der Waals surface area contributed by atoms with E-state index in [2.05, 4.69) is 17.1 Å². The summed E-state index contributed by atoms with van der Waals surface area (Å²) in [5, 5.41) is 2.08. The largest absolute Gasteiger partial charge is 0.304 e. The lowest BCUT2D eigenvalue weighted by molar-refractivity contribution is -0.125. The molecule has 4 nitrogen and oxygen atoms in total. The van der Waals surface area contributed by atoms with Gasteiger partial charge in [0, 0.05) is 12.0 Å². The fourth-order valence-electron chi connectivity index (χ4n) is 3.61. The Morgan fingerprint density at radius 3 is 2.35 bits per heavy atom. The summed E-state index contributed by atoms with van der Waals surface area (Å²) in [5.41, 5.74) is 0.145. The molecule has 1 heterocycles. The predicted molar refractivity (Wildman–Crippen MR) is 96.9 cm³/mol. The Morgan fingerprint density at radius 2 is 1.85 bits per heavy atom.